The summed E-state index contributed by atoms with van der Waals surface area (Å²) in [6.07, 6.45) is 0.893. The number of aryl methyl sites for hydroxylation is 1. The van der Waals surface area contributed by atoms with Gasteiger partial charge in [-0.3, -0.25) is 4.79 Å². The minimum Gasteiger partial charge on any atom is -0.332 e. The minimum absolute atomic E-state index is 0.0741. The van der Waals surface area contributed by atoms with E-state index in [1.165, 1.54) is 23.0 Å². The van der Waals surface area contributed by atoms with Gasteiger partial charge in [-0.1, -0.05) is 34.8 Å². The highest BCUT2D eigenvalue weighted by atomic mass is 35.5. The van der Waals surface area contributed by atoms with E-state index >= 15 is 0 Å². The number of alkyl halides is 2. The van der Waals surface area contributed by atoms with E-state index in [0.717, 1.165) is 4.90 Å². The third-order valence-corrected chi connectivity index (χ3v) is 5.95. The predicted octanol–water partition coefficient (Wildman–Crippen LogP) is 4.66. The van der Waals surface area contributed by atoms with Crippen LogP contribution in [0.25, 0.3) is 5.78 Å². The van der Waals surface area contributed by atoms with Gasteiger partial charge in [-0.2, -0.15) is 10.1 Å². The monoisotopic (exact) mass is 459 g/mol. The number of nitrogens with zero attached hydrogens (tertiary/aromatic N) is 5. The lowest BCUT2D eigenvalue weighted by atomic mass is 9.91. The number of hydrogen-bond acceptors (Lipinski definition) is 4. The first-order valence-corrected chi connectivity index (χ1v) is 9.77. The molecule has 1 saturated heterocycles. The Balaban J connectivity index is 1.71. The fourth-order valence-corrected chi connectivity index (χ4v) is 4.16. The first kappa shape index (κ1) is 20.3. The van der Waals surface area contributed by atoms with Crippen molar-refractivity contribution in [1.29, 1.82) is 0 Å². The van der Waals surface area contributed by atoms with E-state index in [0.29, 0.717) is 17.2 Å². The molecule has 0 aliphatic carbocycles. The van der Waals surface area contributed by atoms with Crippen molar-refractivity contribution < 1.29 is 13.6 Å². The fourth-order valence-electron chi connectivity index (χ4n) is 3.56. The quantitative estimate of drug-likeness (QED) is 0.522. The second-order valence-corrected chi connectivity index (χ2v) is 8.18. The minimum atomic E-state index is -3.08. The van der Waals surface area contributed by atoms with Crippen molar-refractivity contribution in [2.24, 2.45) is 0 Å². The highest BCUT2D eigenvalue weighted by Gasteiger charge is 2.43. The number of fused-ring (bicyclic) bond motifs is 1. The van der Waals surface area contributed by atoms with Gasteiger partial charge < -0.3 is 4.90 Å². The Kier molecular flexibility index (Phi) is 5.13. The summed E-state index contributed by atoms with van der Waals surface area (Å²) in [5.74, 6) is -4.02. The smallest absolute Gasteiger partial charge is 0.266 e. The predicted molar refractivity (Wildman–Crippen MR) is 105 cm³/mol. The lowest BCUT2D eigenvalue weighted by Crippen LogP contribution is -2.49. The summed E-state index contributed by atoms with van der Waals surface area (Å²) < 4.78 is 30.6. The summed E-state index contributed by atoms with van der Waals surface area (Å²) in [4.78, 5) is 22.3. The van der Waals surface area contributed by atoms with Crippen LogP contribution >= 0.6 is 34.8 Å². The number of piperidine rings is 1. The van der Waals surface area contributed by atoms with Gasteiger partial charge in [-0.05, 0) is 25.1 Å². The van der Waals surface area contributed by atoms with E-state index < -0.39 is 30.7 Å². The number of likely N-dealkylation sites (tertiary alicyclic amines) is 1. The number of halogens is 5. The Labute approximate surface area is 179 Å². The maximum absolute atomic E-state index is 14.6. The molecule has 1 fully saturated rings. The Morgan fingerprint density at radius 2 is 1.90 bits per heavy atom. The van der Waals surface area contributed by atoms with E-state index in [1.54, 1.807) is 13.0 Å². The summed E-state index contributed by atoms with van der Waals surface area (Å²) in [7, 11) is 0. The van der Waals surface area contributed by atoms with Crippen molar-refractivity contribution in [3.8, 4) is 0 Å². The van der Waals surface area contributed by atoms with E-state index in [1.807, 2.05) is 0 Å². The van der Waals surface area contributed by atoms with Gasteiger partial charge in [0.05, 0.1) is 27.3 Å². The van der Waals surface area contributed by atoms with Gasteiger partial charge in [0.25, 0.3) is 17.6 Å². The number of rotatable bonds is 2. The molecule has 0 N–H and O–H groups in total. The van der Waals surface area contributed by atoms with Crippen molar-refractivity contribution >= 4 is 46.5 Å². The number of hydrogen-bond donors (Lipinski definition) is 0. The second kappa shape index (κ2) is 7.34. The molecule has 3 heterocycles. The van der Waals surface area contributed by atoms with Crippen LogP contribution in [0.2, 0.25) is 15.1 Å². The third-order valence-electron chi connectivity index (χ3n) is 4.75. The lowest BCUT2D eigenvalue weighted by Gasteiger charge is -2.37. The van der Waals surface area contributed by atoms with E-state index in [2.05, 4.69) is 15.1 Å². The van der Waals surface area contributed by atoms with E-state index in [9.17, 15) is 13.6 Å². The topological polar surface area (TPSA) is 63.4 Å². The molecule has 152 valence electrons. The molecule has 1 aliphatic rings. The largest absolute Gasteiger partial charge is 0.332 e. The molecule has 1 unspecified atom stereocenters. The lowest BCUT2D eigenvalue weighted by molar-refractivity contribution is -0.0641. The number of benzene rings is 1. The third kappa shape index (κ3) is 3.89. The number of carbonyl (C=O) groups excluding carboxylic acids is 1. The maximum Gasteiger partial charge on any atom is 0.266 e. The summed E-state index contributed by atoms with van der Waals surface area (Å²) in [6, 6.07) is 4.34. The molecule has 3 aromatic rings. The molecule has 1 aromatic carbocycles. The molecule has 0 bridgehead atoms. The summed E-state index contributed by atoms with van der Waals surface area (Å²) in [5, 5.41) is 4.35. The molecule has 29 heavy (non-hydrogen) atoms. The van der Waals surface area contributed by atoms with Gasteiger partial charge in [0.2, 0.25) is 0 Å². The van der Waals surface area contributed by atoms with Crippen molar-refractivity contribution in [2.75, 3.05) is 13.1 Å². The van der Waals surface area contributed by atoms with Crippen LogP contribution < -0.4 is 0 Å². The molecular formula is C18H14Cl3F2N5O. The number of amides is 1. The van der Waals surface area contributed by atoms with Crippen molar-refractivity contribution in [2.45, 2.75) is 25.2 Å². The fraction of sp³-hybridized carbons (Fsp3) is 0.333. The van der Waals surface area contributed by atoms with Crippen LogP contribution in [0.1, 0.15) is 34.1 Å². The highest BCUT2D eigenvalue weighted by Crippen LogP contribution is 2.38. The van der Waals surface area contributed by atoms with Crippen molar-refractivity contribution in [3.05, 3.63) is 56.5 Å². The Hall–Kier alpha value is -2.03. The van der Waals surface area contributed by atoms with Crippen LogP contribution in [-0.2, 0) is 0 Å². The molecule has 0 radical (unpaired) electrons. The van der Waals surface area contributed by atoms with Gasteiger partial charge in [0.15, 0.2) is 0 Å². The van der Waals surface area contributed by atoms with Crippen molar-refractivity contribution in [3.63, 3.8) is 0 Å². The van der Waals surface area contributed by atoms with E-state index in [-0.39, 0.29) is 27.2 Å². The zero-order chi connectivity index (χ0) is 20.9. The molecule has 1 aliphatic heterocycles. The molecule has 1 atom stereocenters. The molecular weight excluding hydrogens is 447 g/mol. The SMILES string of the molecule is Cc1cc(C2CN(C(=O)c3cc(Cl)c(Cl)c(Cl)c3)CC(F)(F)C2)n2ncnc2n1. The summed E-state index contributed by atoms with van der Waals surface area (Å²) >= 11 is 17.9. The second-order valence-electron chi connectivity index (χ2n) is 6.99. The zero-order valence-electron chi connectivity index (χ0n) is 15.0. The van der Waals surface area contributed by atoms with E-state index in [4.69, 9.17) is 34.8 Å². The molecule has 0 spiro atoms. The molecule has 11 heteroatoms. The van der Waals surface area contributed by atoms with Crippen LogP contribution in [0.5, 0.6) is 0 Å². The summed E-state index contributed by atoms with van der Waals surface area (Å²) in [5.41, 5.74) is 1.25. The zero-order valence-corrected chi connectivity index (χ0v) is 17.3. The van der Waals surface area contributed by atoms with Crippen LogP contribution in [0.15, 0.2) is 24.5 Å². The molecule has 6 nitrogen and oxygen atoms in total. The first-order chi connectivity index (χ1) is 13.6. The van der Waals surface area contributed by atoms with Gasteiger partial charge in [-0.25, -0.2) is 18.3 Å². The van der Waals surface area contributed by atoms with Crippen LogP contribution in [0.3, 0.4) is 0 Å². The Morgan fingerprint density at radius 3 is 2.59 bits per heavy atom. The van der Waals surface area contributed by atoms with Crippen LogP contribution in [-0.4, -0.2) is 49.4 Å². The number of aromatic nitrogens is 4. The first-order valence-electron chi connectivity index (χ1n) is 8.63. The molecule has 0 saturated carbocycles. The van der Waals surface area contributed by atoms with Gasteiger partial charge >= 0.3 is 0 Å². The maximum atomic E-state index is 14.6. The Bertz CT molecular complexity index is 1100. The molecule has 1 amide bonds. The normalized spacial score (nSPS) is 19.0. The average molecular weight is 461 g/mol. The van der Waals surface area contributed by atoms with Gasteiger partial charge in [-0.15, -0.1) is 0 Å². The van der Waals surface area contributed by atoms with Crippen LogP contribution in [0, 0.1) is 6.92 Å². The van der Waals surface area contributed by atoms with Gasteiger partial charge in [0.1, 0.15) is 6.33 Å². The van der Waals surface area contributed by atoms with Crippen LogP contribution in [0.4, 0.5) is 8.78 Å². The van der Waals surface area contributed by atoms with Gasteiger partial charge in [0, 0.05) is 30.1 Å². The number of carbonyl (C=O) groups is 1. The average Bonchev–Trinajstić information content (AvgIpc) is 3.11. The molecule has 4 rings (SSSR count). The Morgan fingerprint density at radius 1 is 1.21 bits per heavy atom. The highest BCUT2D eigenvalue weighted by molar-refractivity contribution is 6.48. The summed E-state index contributed by atoms with van der Waals surface area (Å²) in [6.45, 7) is 1.12. The standard InChI is InChI=1S/C18H14Cl3F2N5O/c1-9-2-14(28-17(26-9)24-8-25-28)11-5-18(22,23)7-27(6-11)16(29)10-3-12(19)15(21)13(20)4-10/h2-4,8,11H,5-7H2,1H3. The van der Waals surface area contributed by atoms with Crippen molar-refractivity contribution in [1.82, 2.24) is 24.5 Å². The molecule has 2 aromatic heterocycles.